The van der Waals surface area contributed by atoms with Gasteiger partial charge in [-0.1, -0.05) is 30.7 Å². The number of hydrogen-bond acceptors (Lipinski definition) is 3. The van der Waals surface area contributed by atoms with Gasteiger partial charge in [0.05, 0.1) is 10.6 Å². The van der Waals surface area contributed by atoms with Gasteiger partial charge in [0, 0.05) is 16.7 Å². The molecule has 0 spiro atoms. The third-order valence-corrected chi connectivity index (χ3v) is 3.89. The monoisotopic (exact) mass is 293 g/mol. The van der Waals surface area contributed by atoms with E-state index in [-0.39, 0.29) is 0 Å². The number of carboxylic acids is 1. The highest BCUT2D eigenvalue weighted by Gasteiger charge is 2.09. The van der Waals surface area contributed by atoms with Gasteiger partial charge in [0.25, 0.3) is 0 Å². The zero-order valence-corrected chi connectivity index (χ0v) is 11.8. The maximum Gasteiger partial charge on any atom is 0.328 e. The predicted octanol–water partition coefficient (Wildman–Crippen LogP) is 4.12. The van der Waals surface area contributed by atoms with Gasteiger partial charge in [-0.15, -0.1) is 11.3 Å². The number of nitrogens with zero attached hydrogens (tertiary/aromatic N) is 1. The molecule has 0 bridgehead atoms. The lowest BCUT2D eigenvalue weighted by Crippen LogP contribution is -1.87. The highest BCUT2D eigenvalue weighted by Crippen LogP contribution is 2.30. The summed E-state index contributed by atoms with van der Waals surface area (Å²) in [6.45, 7) is 2.00. The van der Waals surface area contributed by atoms with Gasteiger partial charge in [0.15, 0.2) is 0 Å². The summed E-state index contributed by atoms with van der Waals surface area (Å²) in [5, 5.41) is 10.2. The van der Waals surface area contributed by atoms with Crippen molar-refractivity contribution in [2.45, 2.75) is 13.3 Å². The van der Waals surface area contributed by atoms with Gasteiger partial charge in [-0.2, -0.15) is 0 Å². The second-order valence-corrected chi connectivity index (χ2v) is 5.33. The van der Waals surface area contributed by atoms with E-state index in [1.165, 1.54) is 11.3 Å². The summed E-state index contributed by atoms with van der Waals surface area (Å²) in [6, 6.07) is 7.45. The molecular formula is C14H12ClNO2S. The first-order valence-corrected chi connectivity index (χ1v) is 6.96. The minimum Gasteiger partial charge on any atom is -0.478 e. The number of aryl methyl sites for hydroxylation is 1. The first kappa shape index (κ1) is 13.8. The van der Waals surface area contributed by atoms with Gasteiger partial charge < -0.3 is 5.11 Å². The van der Waals surface area contributed by atoms with Crippen LogP contribution in [0, 0.1) is 0 Å². The smallest absolute Gasteiger partial charge is 0.328 e. The average molecular weight is 294 g/mol. The van der Waals surface area contributed by atoms with Crippen LogP contribution in [0.1, 0.15) is 17.5 Å². The summed E-state index contributed by atoms with van der Waals surface area (Å²) in [5.41, 5.74) is 1.89. The Labute approximate surface area is 120 Å². The Morgan fingerprint density at radius 1 is 1.42 bits per heavy atom. The van der Waals surface area contributed by atoms with Gasteiger partial charge >= 0.3 is 5.97 Å². The Morgan fingerprint density at radius 3 is 2.68 bits per heavy atom. The van der Waals surface area contributed by atoms with E-state index in [0.29, 0.717) is 5.02 Å². The lowest BCUT2D eigenvalue weighted by atomic mass is 10.2. The molecule has 1 aromatic carbocycles. The van der Waals surface area contributed by atoms with Crippen LogP contribution in [0.15, 0.2) is 30.3 Å². The van der Waals surface area contributed by atoms with Gasteiger partial charge in [-0.3, -0.25) is 0 Å². The van der Waals surface area contributed by atoms with Crippen molar-refractivity contribution in [1.29, 1.82) is 0 Å². The van der Waals surface area contributed by atoms with Gasteiger partial charge in [0.2, 0.25) is 0 Å². The lowest BCUT2D eigenvalue weighted by molar-refractivity contribution is -0.131. The Bertz CT molecular complexity index is 617. The van der Waals surface area contributed by atoms with Crippen molar-refractivity contribution in [3.05, 3.63) is 45.9 Å². The summed E-state index contributed by atoms with van der Waals surface area (Å²) in [5.74, 6) is -0.955. The SMILES string of the molecule is CCc1nc(-c2ccc(Cl)cc2)sc1/C=C/C(=O)O. The van der Waals surface area contributed by atoms with E-state index < -0.39 is 5.97 Å². The minimum absolute atomic E-state index is 0.682. The number of aromatic nitrogens is 1. The molecule has 0 atom stereocenters. The maximum atomic E-state index is 10.6. The molecule has 0 saturated heterocycles. The van der Waals surface area contributed by atoms with Gasteiger partial charge in [-0.05, 0) is 24.6 Å². The molecule has 0 aliphatic rings. The van der Waals surface area contributed by atoms with E-state index in [2.05, 4.69) is 4.98 Å². The average Bonchev–Trinajstić information content (AvgIpc) is 2.80. The van der Waals surface area contributed by atoms with Crippen LogP contribution in [0.25, 0.3) is 16.6 Å². The normalized spacial score (nSPS) is 11.1. The van der Waals surface area contributed by atoms with Crippen LogP contribution in [-0.4, -0.2) is 16.1 Å². The van der Waals surface area contributed by atoms with Crippen molar-refractivity contribution in [2.75, 3.05) is 0 Å². The molecule has 0 amide bonds. The molecule has 0 unspecified atom stereocenters. The summed E-state index contributed by atoms with van der Waals surface area (Å²) in [4.78, 5) is 16.0. The summed E-state index contributed by atoms with van der Waals surface area (Å²) in [6.07, 6.45) is 3.50. The van der Waals surface area contributed by atoms with Crippen molar-refractivity contribution < 1.29 is 9.90 Å². The highest BCUT2D eigenvalue weighted by molar-refractivity contribution is 7.16. The molecule has 1 N–H and O–H groups in total. The molecule has 19 heavy (non-hydrogen) atoms. The summed E-state index contributed by atoms with van der Waals surface area (Å²) >= 11 is 7.33. The Kier molecular flexibility index (Phi) is 4.35. The lowest BCUT2D eigenvalue weighted by Gasteiger charge is -1.95. The zero-order chi connectivity index (χ0) is 13.8. The van der Waals surface area contributed by atoms with Crippen LogP contribution >= 0.6 is 22.9 Å². The van der Waals surface area contributed by atoms with Crippen LogP contribution in [0.5, 0.6) is 0 Å². The molecular weight excluding hydrogens is 282 g/mol. The summed E-state index contributed by atoms with van der Waals surface area (Å²) in [7, 11) is 0. The second-order valence-electron chi connectivity index (χ2n) is 3.86. The van der Waals surface area contributed by atoms with Crippen molar-refractivity contribution in [1.82, 2.24) is 4.98 Å². The molecule has 0 aliphatic heterocycles. The predicted molar refractivity (Wildman–Crippen MR) is 78.6 cm³/mol. The molecule has 0 aliphatic carbocycles. The topological polar surface area (TPSA) is 50.2 Å². The Balaban J connectivity index is 2.38. The van der Waals surface area contributed by atoms with Crippen LogP contribution in [0.3, 0.4) is 0 Å². The van der Waals surface area contributed by atoms with E-state index in [1.54, 1.807) is 6.08 Å². The van der Waals surface area contributed by atoms with E-state index in [1.807, 2.05) is 31.2 Å². The largest absolute Gasteiger partial charge is 0.478 e. The molecule has 1 heterocycles. The quantitative estimate of drug-likeness (QED) is 0.863. The fourth-order valence-corrected chi connectivity index (χ4v) is 2.80. The first-order chi connectivity index (χ1) is 9.10. The fraction of sp³-hybridized carbons (Fsp3) is 0.143. The van der Waals surface area contributed by atoms with E-state index >= 15 is 0 Å². The molecule has 1 aromatic heterocycles. The van der Waals surface area contributed by atoms with Crippen molar-refractivity contribution in [3.8, 4) is 10.6 Å². The molecule has 0 fully saturated rings. The molecule has 0 saturated carbocycles. The third kappa shape index (κ3) is 3.43. The highest BCUT2D eigenvalue weighted by atomic mass is 35.5. The van der Waals surface area contributed by atoms with Crippen molar-refractivity contribution in [3.63, 3.8) is 0 Å². The van der Waals surface area contributed by atoms with E-state index in [9.17, 15) is 4.79 Å². The molecule has 98 valence electrons. The summed E-state index contributed by atoms with van der Waals surface area (Å²) < 4.78 is 0. The van der Waals surface area contributed by atoms with Crippen molar-refractivity contribution in [2.24, 2.45) is 0 Å². The molecule has 2 aromatic rings. The Hall–Kier alpha value is -1.65. The number of rotatable bonds is 4. The van der Waals surface area contributed by atoms with Crippen LogP contribution in [0.2, 0.25) is 5.02 Å². The Morgan fingerprint density at radius 2 is 2.11 bits per heavy atom. The number of halogens is 1. The van der Waals surface area contributed by atoms with E-state index in [4.69, 9.17) is 16.7 Å². The first-order valence-electron chi connectivity index (χ1n) is 5.76. The van der Waals surface area contributed by atoms with Gasteiger partial charge in [-0.25, -0.2) is 9.78 Å². The third-order valence-electron chi connectivity index (χ3n) is 2.53. The molecule has 2 rings (SSSR count). The number of thiazole rings is 1. The maximum absolute atomic E-state index is 10.6. The molecule has 3 nitrogen and oxygen atoms in total. The van der Waals surface area contributed by atoms with Crippen LogP contribution in [-0.2, 0) is 11.2 Å². The number of hydrogen-bond donors (Lipinski definition) is 1. The standard InChI is InChI=1S/C14H12ClNO2S/c1-2-11-12(7-8-13(17)18)19-14(16-11)9-3-5-10(15)6-4-9/h3-8H,2H2,1H3,(H,17,18)/b8-7+. The molecule has 0 radical (unpaired) electrons. The second kappa shape index (κ2) is 5.99. The van der Waals surface area contributed by atoms with Crippen LogP contribution in [0.4, 0.5) is 0 Å². The molecule has 5 heteroatoms. The number of carboxylic acid groups (broad SMARTS) is 1. The number of carbonyl (C=O) groups is 1. The van der Waals surface area contributed by atoms with Gasteiger partial charge in [0.1, 0.15) is 5.01 Å². The van der Waals surface area contributed by atoms with Crippen LogP contribution < -0.4 is 0 Å². The number of benzene rings is 1. The van der Waals surface area contributed by atoms with Crippen molar-refractivity contribution >= 4 is 35.0 Å². The minimum atomic E-state index is -0.955. The number of aliphatic carboxylic acids is 1. The van der Waals surface area contributed by atoms with E-state index in [0.717, 1.165) is 33.6 Å². The zero-order valence-electron chi connectivity index (χ0n) is 10.3. The fourth-order valence-electron chi connectivity index (χ4n) is 1.61.